The molecule has 0 spiro atoms. The predicted molar refractivity (Wildman–Crippen MR) is 117 cm³/mol. The summed E-state index contributed by atoms with van der Waals surface area (Å²) < 4.78 is 26.2. The number of nitrogens with one attached hydrogen (secondary N) is 2. The zero-order chi connectivity index (χ0) is 23.1. The molecule has 0 radical (unpaired) electrons. The zero-order valence-corrected chi connectivity index (χ0v) is 18.5. The van der Waals surface area contributed by atoms with E-state index >= 15 is 0 Å². The number of likely N-dealkylation sites (N-methyl/N-ethyl adjacent to an activating group) is 1. The van der Waals surface area contributed by atoms with Gasteiger partial charge in [-0.25, -0.2) is 9.07 Å². The topological polar surface area (TPSA) is 114 Å². The third kappa shape index (κ3) is 5.88. The van der Waals surface area contributed by atoms with E-state index in [9.17, 15) is 14.0 Å². The van der Waals surface area contributed by atoms with Crippen LogP contribution in [0.25, 0.3) is 5.69 Å². The zero-order valence-electron chi connectivity index (χ0n) is 17.7. The maximum Gasteiger partial charge on any atom is 0.321 e. The van der Waals surface area contributed by atoms with Gasteiger partial charge in [-0.3, -0.25) is 9.59 Å². The number of benzene rings is 1. The Kier molecular flexibility index (Phi) is 7.89. The first-order chi connectivity index (χ1) is 15.4. The van der Waals surface area contributed by atoms with Crippen LogP contribution in [0.2, 0.25) is 0 Å². The number of ether oxygens (including phenoxy) is 2. The average Bonchev–Trinajstić information content (AvgIpc) is 3.26. The molecule has 2 N–H and O–H groups in total. The number of carbonyl (C=O) groups excluding carboxylic acids is 2. The largest absolute Gasteiger partial charge is 0.474 e. The molecule has 1 amide bonds. The number of esters is 1. The number of methoxy groups -OCH3 is 1. The van der Waals surface area contributed by atoms with E-state index < -0.39 is 11.8 Å². The van der Waals surface area contributed by atoms with Crippen molar-refractivity contribution >= 4 is 35.0 Å². The number of carbonyl (C=O) groups is 2. The lowest BCUT2D eigenvalue weighted by molar-refractivity contribution is -0.152. The summed E-state index contributed by atoms with van der Waals surface area (Å²) in [6, 6.07) is 4.62. The fourth-order valence-corrected chi connectivity index (χ4v) is 3.10. The Hall–Kier alpha value is -3.32. The molecule has 1 saturated heterocycles. The molecule has 32 heavy (non-hydrogen) atoms. The number of piperazine rings is 1. The second kappa shape index (κ2) is 10.8. The lowest BCUT2D eigenvalue weighted by Crippen LogP contribution is -2.51. The fourth-order valence-electron chi connectivity index (χ4n) is 3.03. The number of anilines is 1. The van der Waals surface area contributed by atoms with Crippen LogP contribution in [-0.4, -0.2) is 84.0 Å². The lowest BCUT2D eigenvalue weighted by Gasteiger charge is -2.35. The van der Waals surface area contributed by atoms with Crippen LogP contribution in [0.5, 0.6) is 0 Å². The Labute approximate surface area is 189 Å². The molecule has 1 aliphatic rings. The number of nitrogens with zero attached hydrogens (tertiary/aromatic N) is 5. The van der Waals surface area contributed by atoms with E-state index in [2.05, 4.69) is 20.9 Å². The van der Waals surface area contributed by atoms with Crippen molar-refractivity contribution in [1.82, 2.24) is 30.5 Å². The second-order valence-electron chi connectivity index (χ2n) is 6.89. The summed E-state index contributed by atoms with van der Waals surface area (Å²) in [6.07, 6.45) is 1.65. The van der Waals surface area contributed by atoms with E-state index in [4.69, 9.17) is 21.7 Å². The second-order valence-corrected chi connectivity index (χ2v) is 7.26. The fraction of sp³-hybridized carbons (Fsp3) is 0.421. The van der Waals surface area contributed by atoms with Crippen molar-refractivity contribution in [2.75, 3.05) is 52.0 Å². The van der Waals surface area contributed by atoms with E-state index in [1.807, 2.05) is 0 Å². The number of thiocarbonyl (C=S) groups is 1. The van der Waals surface area contributed by atoms with Crippen molar-refractivity contribution in [1.29, 1.82) is 0 Å². The minimum atomic E-state index is -0.486. The van der Waals surface area contributed by atoms with Gasteiger partial charge in [-0.2, -0.15) is 0 Å². The van der Waals surface area contributed by atoms with E-state index in [1.165, 1.54) is 22.8 Å². The third-order valence-corrected chi connectivity index (χ3v) is 5.01. The minimum Gasteiger partial charge on any atom is -0.474 e. The van der Waals surface area contributed by atoms with Gasteiger partial charge in [0.05, 0.1) is 44.3 Å². The van der Waals surface area contributed by atoms with E-state index in [0.717, 1.165) is 0 Å². The van der Waals surface area contributed by atoms with Crippen molar-refractivity contribution in [3.8, 4) is 5.69 Å². The van der Waals surface area contributed by atoms with Gasteiger partial charge in [0.15, 0.2) is 6.73 Å². The molecule has 0 aliphatic carbocycles. The minimum absolute atomic E-state index is 0.0155. The normalized spacial score (nSPS) is 13.8. The molecule has 13 heteroatoms. The maximum absolute atomic E-state index is 14.8. The number of halogens is 1. The molecule has 11 nitrogen and oxygen atoms in total. The molecule has 1 aromatic heterocycles. The van der Waals surface area contributed by atoms with Crippen LogP contribution in [0.15, 0.2) is 24.4 Å². The number of hydrogen-bond donors (Lipinski definition) is 2. The molecule has 0 bridgehead atoms. The van der Waals surface area contributed by atoms with Crippen LogP contribution in [0.3, 0.4) is 0 Å². The van der Waals surface area contributed by atoms with Crippen LogP contribution in [-0.2, 0) is 25.6 Å². The summed E-state index contributed by atoms with van der Waals surface area (Å²) in [5, 5.41) is 13.8. The summed E-state index contributed by atoms with van der Waals surface area (Å²) in [5.41, 5.74) is 1.40. The molecule has 1 aromatic carbocycles. The summed E-state index contributed by atoms with van der Waals surface area (Å²) in [5.74, 6) is -1.18. The van der Waals surface area contributed by atoms with Crippen molar-refractivity contribution in [3.05, 3.63) is 35.9 Å². The molecule has 1 aliphatic heterocycles. The molecular formula is C19H24FN7O4S. The first kappa shape index (κ1) is 23.3. The highest BCUT2D eigenvalue weighted by atomic mass is 32.1. The summed E-state index contributed by atoms with van der Waals surface area (Å²) in [4.78, 5) is 26.9. The highest BCUT2D eigenvalue weighted by molar-refractivity contribution is 7.80. The van der Waals surface area contributed by atoms with Gasteiger partial charge in [0.2, 0.25) is 5.91 Å². The van der Waals surface area contributed by atoms with Crippen LogP contribution in [0, 0.1) is 5.82 Å². The molecule has 1 fully saturated rings. The number of rotatable bonds is 8. The Morgan fingerprint density at radius 2 is 2.16 bits per heavy atom. The first-order valence-electron chi connectivity index (χ1n) is 9.77. The highest BCUT2D eigenvalue weighted by Crippen LogP contribution is 2.23. The van der Waals surface area contributed by atoms with Gasteiger partial charge in [0.1, 0.15) is 11.5 Å². The molecule has 0 saturated carbocycles. The van der Waals surface area contributed by atoms with Gasteiger partial charge in [0.25, 0.3) is 5.17 Å². The number of amides is 1. The molecule has 0 atom stereocenters. The van der Waals surface area contributed by atoms with Gasteiger partial charge in [-0.05, 0) is 31.4 Å². The van der Waals surface area contributed by atoms with Crippen molar-refractivity contribution in [2.45, 2.75) is 6.54 Å². The lowest BCUT2D eigenvalue weighted by atomic mass is 10.2. The molecule has 172 valence electrons. The van der Waals surface area contributed by atoms with Crippen LogP contribution in [0.4, 0.5) is 10.1 Å². The Balaban J connectivity index is 1.60. The first-order valence-corrected chi connectivity index (χ1v) is 10.2. The van der Waals surface area contributed by atoms with Crippen LogP contribution < -0.4 is 15.5 Å². The van der Waals surface area contributed by atoms with E-state index in [-0.39, 0.29) is 30.9 Å². The Morgan fingerprint density at radius 3 is 2.84 bits per heavy atom. The van der Waals surface area contributed by atoms with Gasteiger partial charge in [-0.1, -0.05) is 5.21 Å². The van der Waals surface area contributed by atoms with Crippen molar-refractivity contribution in [2.24, 2.45) is 0 Å². The molecule has 2 heterocycles. The molecule has 2 aromatic rings. The van der Waals surface area contributed by atoms with Gasteiger partial charge in [0, 0.05) is 19.2 Å². The molecule has 3 rings (SSSR count). The smallest absolute Gasteiger partial charge is 0.321 e. The Morgan fingerprint density at radius 1 is 1.34 bits per heavy atom. The standard InChI is InChI=1S/C19H24FN7O4S/c1-21-9-18(29)31-12-26-6-5-25(11-17(26)28)16-4-3-14(7-15(16)20)27-10-13(23-24-27)8-22-19(32)30-2/h3-4,7,10,21H,5-6,8-9,11-12H2,1-2H3,(H,22,32). The van der Waals surface area contributed by atoms with E-state index in [1.54, 1.807) is 30.3 Å². The van der Waals surface area contributed by atoms with Crippen LogP contribution >= 0.6 is 12.2 Å². The quantitative estimate of drug-likeness (QED) is 0.401. The third-order valence-electron chi connectivity index (χ3n) is 4.70. The summed E-state index contributed by atoms with van der Waals surface area (Å²) in [7, 11) is 3.09. The molecule has 0 unspecified atom stereocenters. The number of hydrogen-bond acceptors (Lipinski definition) is 9. The van der Waals surface area contributed by atoms with Crippen molar-refractivity contribution < 1.29 is 23.5 Å². The summed E-state index contributed by atoms with van der Waals surface area (Å²) >= 11 is 4.91. The predicted octanol–water partition coefficient (Wildman–Crippen LogP) is -0.204. The van der Waals surface area contributed by atoms with Crippen molar-refractivity contribution in [3.63, 3.8) is 0 Å². The van der Waals surface area contributed by atoms with E-state index in [0.29, 0.717) is 36.7 Å². The van der Waals surface area contributed by atoms with Crippen LogP contribution in [0.1, 0.15) is 5.69 Å². The summed E-state index contributed by atoms with van der Waals surface area (Å²) in [6.45, 7) is 0.978. The highest BCUT2D eigenvalue weighted by Gasteiger charge is 2.26. The Bertz CT molecular complexity index is 986. The number of aromatic nitrogens is 3. The monoisotopic (exact) mass is 465 g/mol. The maximum atomic E-state index is 14.8. The van der Waals surface area contributed by atoms with Gasteiger partial charge >= 0.3 is 5.97 Å². The van der Waals surface area contributed by atoms with Gasteiger partial charge in [-0.15, -0.1) is 5.10 Å². The van der Waals surface area contributed by atoms with Gasteiger partial charge < -0.3 is 29.9 Å². The SMILES string of the molecule is CNCC(=O)OCN1CCN(c2ccc(-n3cc(CNC(=S)OC)nn3)cc2F)CC1=O. The average molecular weight is 466 g/mol. The molecular weight excluding hydrogens is 441 g/mol.